The normalized spacial score (nSPS) is 10.4. The number of benzene rings is 1. The number of hydrogen-bond acceptors (Lipinski definition) is 5. The van der Waals surface area contributed by atoms with E-state index in [-0.39, 0.29) is 11.5 Å². The van der Waals surface area contributed by atoms with Crippen LogP contribution in [0.2, 0.25) is 0 Å². The fourth-order valence-corrected chi connectivity index (χ4v) is 2.11. The molecular weight excluding hydrogens is 282 g/mol. The molecule has 110 valence electrons. The molecule has 0 aliphatic carbocycles. The lowest BCUT2D eigenvalue weighted by Gasteiger charge is -2.08. The van der Waals surface area contributed by atoms with Gasteiger partial charge in [0.05, 0.1) is 11.5 Å². The third-order valence-corrected chi connectivity index (χ3v) is 3.08. The maximum atomic E-state index is 11.0. The van der Waals surface area contributed by atoms with Crippen LogP contribution < -0.4 is 5.32 Å². The predicted octanol–water partition coefficient (Wildman–Crippen LogP) is 2.98. The van der Waals surface area contributed by atoms with Crippen molar-refractivity contribution in [3.05, 3.63) is 76.7 Å². The van der Waals surface area contributed by atoms with E-state index in [1.54, 1.807) is 6.20 Å². The molecule has 1 aromatic carbocycles. The molecule has 0 saturated heterocycles. The van der Waals surface area contributed by atoms with E-state index in [0.717, 1.165) is 11.3 Å². The molecule has 0 atom stereocenters. The molecule has 0 bridgehead atoms. The van der Waals surface area contributed by atoms with E-state index in [2.05, 4.69) is 15.4 Å². The fourth-order valence-electron chi connectivity index (χ4n) is 2.11. The lowest BCUT2D eigenvalue weighted by molar-refractivity contribution is -0.384. The number of pyridine rings is 1. The Kier molecular flexibility index (Phi) is 3.78. The van der Waals surface area contributed by atoms with Crippen molar-refractivity contribution in [2.75, 3.05) is 5.32 Å². The smallest absolute Gasteiger partial charge is 0.311 e. The first-order valence-corrected chi connectivity index (χ1v) is 6.65. The van der Waals surface area contributed by atoms with Gasteiger partial charge in [-0.05, 0) is 29.8 Å². The van der Waals surface area contributed by atoms with Crippen LogP contribution in [-0.4, -0.2) is 19.7 Å². The van der Waals surface area contributed by atoms with Crippen molar-refractivity contribution in [1.29, 1.82) is 0 Å². The molecule has 2 heterocycles. The fraction of sp³-hybridized carbons (Fsp3) is 0.0667. The van der Waals surface area contributed by atoms with Crippen LogP contribution in [0.15, 0.2) is 61.1 Å². The van der Waals surface area contributed by atoms with E-state index in [9.17, 15) is 10.1 Å². The van der Waals surface area contributed by atoms with Crippen molar-refractivity contribution in [2.24, 2.45) is 0 Å². The van der Waals surface area contributed by atoms with Crippen LogP contribution in [0, 0.1) is 10.1 Å². The highest BCUT2D eigenvalue weighted by molar-refractivity contribution is 5.65. The summed E-state index contributed by atoms with van der Waals surface area (Å²) in [6.07, 6.45) is 5.12. The van der Waals surface area contributed by atoms with Crippen LogP contribution in [0.1, 0.15) is 5.56 Å². The molecule has 22 heavy (non-hydrogen) atoms. The van der Waals surface area contributed by atoms with Crippen LogP contribution in [0.4, 0.5) is 17.2 Å². The van der Waals surface area contributed by atoms with Gasteiger partial charge in [-0.1, -0.05) is 12.1 Å². The Balaban J connectivity index is 1.83. The van der Waals surface area contributed by atoms with Gasteiger partial charge in [0.1, 0.15) is 0 Å². The van der Waals surface area contributed by atoms with Crippen LogP contribution >= 0.6 is 0 Å². The summed E-state index contributed by atoms with van der Waals surface area (Å²) < 4.78 is 1.81. The van der Waals surface area contributed by atoms with Crippen molar-refractivity contribution in [3.63, 3.8) is 0 Å². The predicted molar refractivity (Wildman–Crippen MR) is 81.9 cm³/mol. The van der Waals surface area contributed by atoms with Crippen molar-refractivity contribution in [3.8, 4) is 0 Å². The maximum Gasteiger partial charge on any atom is 0.311 e. The van der Waals surface area contributed by atoms with Gasteiger partial charge in [0.15, 0.2) is 0 Å². The van der Waals surface area contributed by atoms with E-state index in [1.165, 1.54) is 18.3 Å². The molecule has 1 N–H and O–H groups in total. The summed E-state index contributed by atoms with van der Waals surface area (Å²) in [6.45, 7) is 0.632. The van der Waals surface area contributed by atoms with Gasteiger partial charge in [0.25, 0.3) is 0 Å². The molecule has 7 heteroatoms. The van der Waals surface area contributed by atoms with E-state index in [0.29, 0.717) is 6.54 Å². The van der Waals surface area contributed by atoms with Gasteiger partial charge in [0, 0.05) is 30.3 Å². The van der Waals surface area contributed by atoms with Gasteiger partial charge >= 0.3 is 5.69 Å². The van der Waals surface area contributed by atoms with Crippen molar-refractivity contribution in [1.82, 2.24) is 14.8 Å². The Labute approximate surface area is 126 Å². The largest absolute Gasteiger partial charge is 0.334 e. The van der Waals surface area contributed by atoms with Crippen LogP contribution in [0.5, 0.6) is 0 Å². The molecule has 0 aliphatic rings. The summed E-state index contributed by atoms with van der Waals surface area (Å²) in [6, 6.07) is 12.4. The molecule has 7 nitrogen and oxygen atoms in total. The lowest BCUT2D eigenvalue weighted by Crippen LogP contribution is -2.02. The second-order valence-electron chi connectivity index (χ2n) is 4.66. The Hall–Kier alpha value is -3.22. The van der Waals surface area contributed by atoms with Gasteiger partial charge in [-0.15, -0.1) is 0 Å². The van der Waals surface area contributed by atoms with Crippen LogP contribution in [0.3, 0.4) is 0 Å². The molecule has 0 unspecified atom stereocenters. The Morgan fingerprint density at radius 1 is 1.18 bits per heavy atom. The second kappa shape index (κ2) is 6.04. The summed E-state index contributed by atoms with van der Waals surface area (Å²) in [7, 11) is 0. The van der Waals surface area contributed by atoms with E-state index >= 15 is 0 Å². The highest BCUT2D eigenvalue weighted by atomic mass is 16.6. The highest BCUT2D eigenvalue weighted by Gasteiger charge is 2.14. The molecule has 0 saturated carbocycles. The first-order valence-electron chi connectivity index (χ1n) is 6.65. The first kappa shape index (κ1) is 13.7. The topological polar surface area (TPSA) is 85.9 Å². The van der Waals surface area contributed by atoms with Gasteiger partial charge in [0.2, 0.25) is 5.82 Å². The molecule has 0 aliphatic heterocycles. The van der Waals surface area contributed by atoms with Crippen molar-refractivity contribution in [2.45, 2.75) is 6.54 Å². The highest BCUT2D eigenvalue weighted by Crippen LogP contribution is 2.25. The third kappa shape index (κ3) is 3.09. The molecule has 0 amide bonds. The number of rotatable bonds is 5. The summed E-state index contributed by atoms with van der Waals surface area (Å²) in [5.41, 5.74) is 1.72. The summed E-state index contributed by atoms with van der Waals surface area (Å²) in [5.74, 6) is 0.226. The zero-order valence-corrected chi connectivity index (χ0v) is 11.6. The second-order valence-corrected chi connectivity index (χ2v) is 4.66. The summed E-state index contributed by atoms with van der Waals surface area (Å²) in [4.78, 5) is 14.6. The SMILES string of the molecule is O=[N+]([O-])c1cccnc1Nc1cccc(Cn2cccn2)c1. The molecule has 2 aromatic heterocycles. The molecule has 0 radical (unpaired) electrons. The molecule has 0 spiro atoms. The van der Waals surface area contributed by atoms with E-state index in [4.69, 9.17) is 0 Å². The zero-order valence-electron chi connectivity index (χ0n) is 11.6. The van der Waals surface area contributed by atoms with Crippen molar-refractivity contribution >= 4 is 17.2 Å². The van der Waals surface area contributed by atoms with Crippen molar-refractivity contribution < 1.29 is 4.92 Å². The van der Waals surface area contributed by atoms with Gasteiger partial charge in [-0.2, -0.15) is 5.10 Å². The van der Waals surface area contributed by atoms with Gasteiger partial charge < -0.3 is 5.32 Å². The number of nitrogens with zero attached hydrogens (tertiary/aromatic N) is 4. The standard InChI is InChI=1S/C15H13N5O2/c21-20(22)14-6-2-7-16-15(14)18-13-5-1-4-12(10-13)11-19-9-3-8-17-19/h1-10H,11H2,(H,16,18). The minimum atomic E-state index is -0.455. The summed E-state index contributed by atoms with van der Waals surface area (Å²) in [5, 5.41) is 18.2. The average molecular weight is 295 g/mol. The van der Waals surface area contributed by atoms with Gasteiger partial charge in [-0.25, -0.2) is 4.98 Å². The Bertz CT molecular complexity index is 786. The number of nitrogens with one attached hydrogen (secondary N) is 1. The maximum absolute atomic E-state index is 11.0. The van der Waals surface area contributed by atoms with Crippen LogP contribution in [0.25, 0.3) is 0 Å². The van der Waals surface area contributed by atoms with E-state index in [1.807, 2.05) is 41.2 Å². The minimum Gasteiger partial charge on any atom is -0.334 e. The molecule has 3 rings (SSSR count). The Morgan fingerprint density at radius 3 is 2.86 bits per heavy atom. The average Bonchev–Trinajstić information content (AvgIpc) is 3.01. The molecule has 0 fully saturated rings. The first-order chi connectivity index (χ1) is 10.7. The monoisotopic (exact) mass is 295 g/mol. The van der Waals surface area contributed by atoms with Crippen LogP contribution in [-0.2, 0) is 6.54 Å². The minimum absolute atomic E-state index is 0.0556. The Morgan fingerprint density at radius 2 is 2.09 bits per heavy atom. The zero-order chi connectivity index (χ0) is 15.4. The van der Waals surface area contributed by atoms with Gasteiger partial charge in [-0.3, -0.25) is 14.8 Å². The van der Waals surface area contributed by atoms with E-state index < -0.39 is 4.92 Å². The number of hydrogen-bond donors (Lipinski definition) is 1. The summed E-state index contributed by atoms with van der Waals surface area (Å²) >= 11 is 0. The molecular formula is C15H13N5O2. The number of nitro groups is 1. The number of aromatic nitrogens is 3. The quantitative estimate of drug-likeness (QED) is 0.577. The molecule has 3 aromatic rings. The third-order valence-electron chi connectivity index (χ3n) is 3.08. The number of anilines is 2. The lowest BCUT2D eigenvalue weighted by atomic mass is 10.2.